The van der Waals surface area contributed by atoms with Crippen molar-refractivity contribution in [3.63, 3.8) is 0 Å². The lowest BCUT2D eigenvalue weighted by molar-refractivity contribution is -0.117. The number of halogens is 2. The first kappa shape index (κ1) is 25.3. The first-order valence-corrected chi connectivity index (χ1v) is 12.5. The molecule has 1 aromatic carbocycles. The SMILES string of the molecule is C=CC(=O)NC1CCN(S(=O)(=O)c2ccc(C(=O)NCCN3CCC(F)(F)CC3)cc2)CC1. The first-order chi connectivity index (χ1) is 15.6. The van der Waals surface area contributed by atoms with Gasteiger partial charge in [-0.2, -0.15) is 4.31 Å². The van der Waals surface area contributed by atoms with Gasteiger partial charge in [-0.1, -0.05) is 6.58 Å². The third kappa shape index (κ3) is 6.81. The number of nitrogens with one attached hydrogen (secondary N) is 2. The molecule has 2 heterocycles. The highest BCUT2D eigenvalue weighted by atomic mass is 32.2. The fraction of sp³-hybridized carbons (Fsp3) is 0.545. The number of rotatable bonds is 8. The highest BCUT2D eigenvalue weighted by Crippen LogP contribution is 2.27. The fourth-order valence-corrected chi connectivity index (χ4v) is 5.43. The molecule has 8 nitrogen and oxygen atoms in total. The summed E-state index contributed by atoms with van der Waals surface area (Å²) in [5.74, 6) is -3.22. The zero-order valence-corrected chi connectivity index (χ0v) is 19.3. The summed E-state index contributed by atoms with van der Waals surface area (Å²) < 4.78 is 53.6. The van der Waals surface area contributed by atoms with E-state index in [9.17, 15) is 26.8 Å². The topological polar surface area (TPSA) is 98.8 Å². The van der Waals surface area contributed by atoms with Crippen molar-refractivity contribution in [2.24, 2.45) is 0 Å². The number of carbonyl (C=O) groups is 2. The van der Waals surface area contributed by atoms with Gasteiger partial charge in [0.1, 0.15) is 0 Å². The summed E-state index contributed by atoms with van der Waals surface area (Å²) in [7, 11) is -3.70. The van der Waals surface area contributed by atoms with E-state index in [1.807, 2.05) is 4.90 Å². The second kappa shape index (κ2) is 10.7. The predicted molar refractivity (Wildman–Crippen MR) is 120 cm³/mol. The van der Waals surface area contributed by atoms with Crippen LogP contribution in [0.25, 0.3) is 0 Å². The highest BCUT2D eigenvalue weighted by Gasteiger charge is 2.33. The summed E-state index contributed by atoms with van der Waals surface area (Å²) in [6.45, 7) is 5.38. The van der Waals surface area contributed by atoms with Crippen LogP contribution in [-0.4, -0.2) is 80.7 Å². The lowest BCUT2D eigenvalue weighted by atomic mass is 10.1. The summed E-state index contributed by atoms with van der Waals surface area (Å²) in [5.41, 5.74) is 0.324. The van der Waals surface area contributed by atoms with E-state index in [2.05, 4.69) is 17.2 Å². The fourth-order valence-electron chi connectivity index (χ4n) is 3.96. The number of likely N-dealkylation sites (tertiary alicyclic amines) is 1. The molecule has 0 aliphatic carbocycles. The van der Waals surface area contributed by atoms with Crippen LogP contribution in [0.15, 0.2) is 41.8 Å². The van der Waals surface area contributed by atoms with Crippen LogP contribution in [0.2, 0.25) is 0 Å². The van der Waals surface area contributed by atoms with E-state index in [0.717, 1.165) is 0 Å². The standard InChI is InChI=1S/C22H30F2N4O4S/c1-2-20(29)26-18-7-12-28(13-8-18)33(31,32)19-5-3-17(4-6-19)21(30)25-11-16-27-14-9-22(23,24)10-15-27/h2-6,18H,1,7-16H2,(H,25,30)(H,26,29). The molecule has 11 heteroatoms. The Morgan fingerprint density at radius 3 is 2.27 bits per heavy atom. The number of nitrogens with zero attached hydrogens (tertiary/aromatic N) is 2. The van der Waals surface area contributed by atoms with E-state index in [-0.39, 0.29) is 48.7 Å². The molecule has 2 amide bonds. The molecule has 2 fully saturated rings. The van der Waals surface area contributed by atoms with Gasteiger partial charge in [0.05, 0.1) is 4.90 Å². The van der Waals surface area contributed by atoms with Crippen LogP contribution >= 0.6 is 0 Å². The minimum atomic E-state index is -3.70. The summed E-state index contributed by atoms with van der Waals surface area (Å²) in [4.78, 5) is 25.8. The molecular weight excluding hydrogens is 454 g/mol. The maximum atomic E-state index is 13.2. The lowest BCUT2D eigenvalue weighted by Crippen LogP contribution is -2.46. The van der Waals surface area contributed by atoms with Gasteiger partial charge in [0, 0.05) is 63.7 Å². The number of carbonyl (C=O) groups excluding carboxylic acids is 2. The molecule has 33 heavy (non-hydrogen) atoms. The Morgan fingerprint density at radius 2 is 1.70 bits per heavy atom. The Balaban J connectivity index is 1.48. The van der Waals surface area contributed by atoms with E-state index in [1.54, 1.807) is 0 Å². The van der Waals surface area contributed by atoms with Gasteiger partial charge >= 0.3 is 0 Å². The molecule has 0 bridgehead atoms. The van der Waals surface area contributed by atoms with E-state index < -0.39 is 15.9 Å². The summed E-state index contributed by atoms with van der Waals surface area (Å²) in [6, 6.07) is 5.64. The van der Waals surface area contributed by atoms with Crippen LogP contribution in [0.4, 0.5) is 8.78 Å². The van der Waals surface area contributed by atoms with Gasteiger partial charge in [-0.05, 0) is 43.2 Å². The average Bonchev–Trinajstić information content (AvgIpc) is 2.80. The Labute approximate surface area is 193 Å². The highest BCUT2D eigenvalue weighted by molar-refractivity contribution is 7.89. The molecule has 2 aliphatic rings. The van der Waals surface area contributed by atoms with Crippen molar-refractivity contribution in [1.29, 1.82) is 0 Å². The second-order valence-electron chi connectivity index (χ2n) is 8.37. The number of sulfonamides is 1. The molecule has 0 unspecified atom stereocenters. The summed E-state index contributed by atoms with van der Waals surface area (Å²) in [5, 5.41) is 5.53. The third-order valence-electron chi connectivity index (χ3n) is 6.04. The van der Waals surface area contributed by atoms with Crippen LogP contribution < -0.4 is 10.6 Å². The second-order valence-corrected chi connectivity index (χ2v) is 10.3. The normalized spacial score (nSPS) is 20.2. The minimum Gasteiger partial charge on any atom is -0.351 e. The van der Waals surface area contributed by atoms with E-state index in [4.69, 9.17) is 0 Å². The van der Waals surface area contributed by atoms with Crippen molar-refractivity contribution in [1.82, 2.24) is 19.8 Å². The van der Waals surface area contributed by atoms with Crippen LogP contribution in [0.1, 0.15) is 36.0 Å². The number of hydrogen-bond acceptors (Lipinski definition) is 5. The minimum absolute atomic E-state index is 0.0885. The predicted octanol–water partition coefficient (Wildman–Crippen LogP) is 1.60. The number of hydrogen-bond donors (Lipinski definition) is 2. The van der Waals surface area contributed by atoms with Crippen LogP contribution in [0.5, 0.6) is 0 Å². The van der Waals surface area contributed by atoms with E-state index >= 15 is 0 Å². The molecule has 0 spiro atoms. The van der Waals surface area contributed by atoms with Crippen molar-refractivity contribution in [2.75, 3.05) is 39.3 Å². The Hall–Kier alpha value is -2.37. The summed E-state index contributed by atoms with van der Waals surface area (Å²) in [6.07, 6.45) is 1.87. The quantitative estimate of drug-likeness (QED) is 0.547. The molecule has 3 rings (SSSR count). The number of alkyl halides is 2. The van der Waals surface area contributed by atoms with Crippen molar-refractivity contribution >= 4 is 21.8 Å². The largest absolute Gasteiger partial charge is 0.351 e. The number of benzene rings is 1. The van der Waals surface area contributed by atoms with E-state index in [1.165, 1.54) is 34.6 Å². The average molecular weight is 485 g/mol. The Morgan fingerprint density at radius 1 is 1.09 bits per heavy atom. The van der Waals surface area contributed by atoms with Gasteiger partial charge in [-0.25, -0.2) is 17.2 Å². The molecular formula is C22H30F2N4O4S. The van der Waals surface area contributed by atoms with Crippen molar-refractivity contribution < 1.29 is 26.8 Å². The third-order valence-corrected chi connectivity index (χ3v) is 7.95. The van der Waals surface area contributed by atoms with Gasteiger partial charge in [0.2, 0.25) is 15.9 Å². The number of piperidine rings is 2. The van der Waals surface area contributed by atoms with E-state index in [0.29, 0.717) is 44.6 Å². The maximum absolute atomic E-state index is 13.2. The molecule has 0 saturated carbocycles. The molecule has 2 saturated heterocycles. The molecule has 182 valence electrons. The van der Waals surface area contributed by atoms with Gasteiger partial charge in [0.15, 0.2) is 0 Å². The molecule has 2 N–H and O–H groups in total. The smallest absolute Gasteiger partial charge is 0.251 e. The summed E-state index contributed by atoms with van der Waals surface area (Å²) >= 11 is 0. The first-order valence-electron chi connectivity index (χ1n) is 11.0. The van der Waals surface area contributed by atoms with Gasteiger partial charge in [-0.15, -0.1) is 0 Å². The molecule has 2 aliphatic heterocycles. The van der Waals surface area contributed by atoms with Gasteiger partial charge in [0.25, 0.3) is 11.8 Å². The Kier molecular flexibility index (Phi) is 8.19. The molecule has 0 radical (unpaired) electrons. The molecule has 0 aromatic heterocycles. The zero-order valence-electron chi connectivity index (χ0n) is 18.4. The molecule has 1 aromatic rings. The van der Waals surface area contributed by atoms with Crippen LogP contribution in [0, 0.1) is 0 Å². The Bertz CT molecular complexity index is 951. The lowest BCUT2D eigenvalue weighted by Gasteiger charge is -2.31. The number of amides is 2. The van der Waals surface area contributed by atoms with Gasteiger partial charge in [-0.3, -0.25) is 9.59 Å². The van der Waals surface area contributed by atoms with Crippen molar-refractivity contribution in [3.8, 4) is 0 Å². The van der Waals surface area contributed by atoms with Crippen molar-refractivity contribution in [3.05, 3.63) is 42.5 Å². The van der Waals surface area contributed by atoms with Crippen LogP contribution in [0.3, 0.4) is 0 Å². The molecule has 0 atom stereocenters. The van der Waals surface area contributed by atoms with Gasteiger partial charge < -0.3 is 15.5 Å². The monoisotopic (exact) mass is 484 g/mol. The maximum Gasteiger partial charge on any atom is 0.251 e. The van der Waals surface area contributed by atoms with Crippen LogP contribution in [-0.2, 0) is 14.8 Å². The zero-order chi connectivity index (χ0) is 24.1. The van der Waals surface area contributed by atoms with Crippen molar-refractivity contribution in [2.45, 2.75) is 42.5 Å².